The van der Waals surface area contributed by atoms with Crippen molar-refractivity contribution >= 4 is 17.7 Å². The molecule has 0 unspecified atom stereocenters. The number of carboxylic acid groups (broad SMARTS) is 1. The van der Waals surface area contributed by atoms with Crippen molar-refractivity contribution < 1.29 is 19.4 Å². The van der Waals surface area contributed by atoms with E-state index in [4.69, 9.17) is 9.84 Å². The Morgan fingerprint density at radius 3 is 2.67 bits per heavy atom. The fourth-order valence-electron chi connectivity index (χ4n) is 1.95. The van der Waals surface area contributed by atoms with Crippen molar-refractivity contribution in [3.05, 3.63) is 29.8 Å². The number of urea groups is 1. The average Bonchev–Trinajstić information content (AvgIpc) is 2.45. The van der Waals surface area contributed by atoms with E-state index in [0.29, 0.717) is 31.7 Å². The van der Waals surface area contributed by atoms with Gasteiger partial charge in [-0.1, -0.05) is 25.1 Å². The predicted molar refractivity (Wildman–Crippen MR) is 80.5 cm³/mol. The van der Waals surface area contributed by atoms with Gasteiger partial charge in [0.1, 0.15) is 6.54 Å². The van der Waals surface area contributed by atoms with Gasteiger partial charge in [-0.2, -0.15) is 0 Å². The van der Waals surface area contributed by atoms with Gasteiger partial charge in [0, 0.05) is 19.3 Å². The highest BCUT2D eigenvalue weighted by Crippen LogP contribution is 2.16. The maximum Gasteiger partial charge on any atom is 0.323 e. The Morgan fingerprint density at radius 2 is 2.05 bits per heavy atom. The summed E-state index contributed by atoms with van der Waals surface area (Å²) in [6.07, 6.45) is 1.38. The molecular formula is C15H22N2O4. The van der Waals surface area contributed by atoms with Gasteiger partial charge in [0.05, 0.1) is 6.61 Å². The number of hydrogen-bond acceptors (Lipinski definition) is 3. The maximum atomic E-state index is 12.2. The fourth-order valence-corrected chi connectivity index (χ4v) is 1.95. The van der Waals surface area contributed by atoms with Crippen LogP contribution in [-0.2, 0) is 16.0 Å². The molecule has 2 amide bonds. The molecule has 1 aromatic rings. The summed E-state index contributed by atoms with van der Waals surface area (Å²) in [5.41, 5.74) is 1.64. The molecule has 0 radical (unpaired) electrons. The molecule has 0 aromatic heterocycles. The SMILES string of the molecule is CCCN(CC(=O)O)C(=O)Nc1ccccc1CCOC. The first-order valence-corrected chi connectivity index (χ1v) is 6.93. The molecule has 1 aromatic carbocycles. The van der Waals surface area contributed by atoms with Gasteiger partial charge in [-0.25, -0.2) is 4.79 Å². The standard InChI is InChI=1S/C15H22N2O4/c1-3-9-17(11-14(18)19)15(20)16-13-7-5-4-6-12(13)8-10-21-2/h4-7H,3,8-11H2,1-2H3,(H,16,20)(H,18,19). The van der Waals surface area contributed by atoms with Gasteiger partial charge in [-0.3, -0.25) is 4.79 Å². The van der Waals surface area contributed by atoms with Crippen LogP contribution in [0.4, 0.5) is 10.5 Å². The van der Waals surface area contributed by atoms with Gasteiger partial charge in [0.2, 0.25) is 0 Å². The van der Waals surface area contributed by atoms with E-state index in [1.807, 2.05) is 25.1 Å². The van der Waals surface area contributed by atoms with Gasteiger partial charge >= 0.3 is 12.0 Å². The highest BCUT2D eigenvalue weighted by atomic mass is 16.5. The van der Waals surface area contributed by atoms with E-state index >= 15 is 0 Å². The lowest BCUT2D eigenvalue weighted by molar-refractivity contribution is -0.137. The van der Waals surface area contributed by atoms with Crippen LogP contribution in [0.25, 0.3) is 0 Å². The lowest BCUT2D eigenvalue weighted by Gasteiger charge is -2.21. The molecule has 0 aliphatic carbocycles. The monoisotopic (exact) mass is 294 g/mol. The van der Waals surface area contributed by atoms with Crippen LogP contribution >= 0.6 is 0 Å². The van der Waals surface area contributed by atoms with Crippen molar-refractivity contribution in [3.63, 3.8) is 0 Å². The van der Waals surface area contributed by atoms with E-state index in [0.717, 1.165) is 5.56 Å². The highest BCUT2D eigenvalue weighted by Gasteiger charge is 2.16. The van der Waals surface area contributed by atoms with E-state index in [1.165, 1.54) is 4.90 Å². The quantitative estimate of drug-likeness (QED) is 0.770. The van der Waals surface area contributed by atoms with E-state index in [1.54, 1.807) is 13.2 Å². The molecule has 0 fully saturated rings. The van der Waals surface area contributed by atoms with E-state index < -0.39 is 12.0 Å². The average molecular weight is 294 g/mol. The summed E-state index contributed by atoms with van der Waals surface area (Å²) < 4.78 is 5.04. The molecule has 6 nitrogen and oxygen atoms in total. The molecule has 0 aliphatic rings. The number of carbonyl (C=O) groups is 2. The summed E-state index contributed by atoms with van der Waals surface area (Å²) in [6, 6.07) is 7.03. The zero-order valence-corrected chi connectivity index (χ0v) is 12.5. The summed E-state index contributed by atoms with van der Waals surface area (Å²) >= 11 is 0. The van der Waals surface area contributed by atoms with Gasteiger partial charge in [0.25, 0.3) is 0 Å². The Balaban J connectivity index is 2.77. The number of hydrogen-bond donors (Lipinski definition) is 2. The summed E-state index contributed by atoms with van der Waals surface area (Å²) in [5.74, 6) is -1.02. The Bertz CT molecular complexity index is 476. The topological polar surface area (TPSA) is 78.9 Å². The van der Waals surface area contributed by atoms with Crippen molar-refractivity contribution in [2.24, 2.45) is 0 Å². The maximum absolute atomic E-state index is 12.2. The Kier molecular flexibility index (Phi) is 7.25. The largest absolute Gasteiger partial charge is 0.480 e. The minimum absolute atomic E-state index is 0.306. The lowest BCUT2D eigenvalue weighted by atomic mass is 10.1. The first kappa shape index (κ1) is 17.0. The van der Waals surface area contributed by atoms with Crippen molar-refractivity contribution in [3.8, 4) is 0 Å². The van der Waals surface area contributed by atoms with E-state index in [9.17, 15) is 9.59 Å². The number of para-hydroxylation sites is 1. The van der Waals surface area contributed by atoms with Crippen LogP contribution in [0.2, 0.25) is 0 Å². The highest BCUT2D eigenvalue weighted by molar-refractivity contribution is 5.92. The second-order valence-electron chi connectivity index (χ2n) is 4.65. The minimum Gasteiger partial charge on any atom is -0.480 e. The molecule has 116 valence electrons. The van der Waals surface area contributed by atoms with Crippen molar-refractivity contribution in [2.45, 2.75) is 19.8 Å². The van der Waals surface area contributed by atoms with Crippen LogP contribution < -0.4 is 5.32 Å². The van der Waals surface area contributed by atoms with Crippen LogP contribution in [0, 0.1) is 0 Å². The smallest absolute Gasteiger partial charge is 0.323 e. The minimum atomic E-state index is -1.02. The van der Waals surface area contributed by atoms with Crippen LogP contribution in [0.1, 0.15) is 18.9 Å². The number of nitrogens with zero attached hydrogens (tertiary/aromatic N) is 1. The molecule has 2 N–H and O–H groups in total. The fraction of sp³-hybridized carbons (Fsp3) is 0.467. The number of ether oxygens (including phenoxy) is 1. The van der Waals surface area contributed by atoms with Crippen molar-refractivity contribution in [2.75, 3.05) is 32.1 Å². The van der Waals surface area contributed by atoms with Gasteiger partial charge in [0.15, 0.2) is 0 Å². The van der Waals surface area contributed by atoms with Gasteiger partial charge in [-0.15, -0.1) is 0 Å². The zero-order valence-electron chi connectivity index (χ0n) is 12.5. The number of aliphatic carboxylic acids is 1. The van der Waals surface area contributed by atoms with Gasteiger partial charge < -0.3 is 20.1 Å². The number of rotatable bonds is 8. The summed E-state index contributed by atoms with van der Waals surface area (Å²) in [7, 11) is 1.62. The second-order valence-corrected chi connectivity index (χ2v) is 4.65. The molecular weight excluding hydrogens is 272 g/mol. The molecule has 0 saturated heterocycles. The third-order valence-corrected chi connectivity index (χ3v) is 2.94. The van der Waals surface area contributed by atoms with Crippen LogP contribution in [-0.4, -0.2) is 48.8 Å². The predicted octanol–water partition coefficient (Wildman–Crippen LogP) is 2.20. The van der Waals surface area contributed by atoms with Crippen molar-refractivity contribution in [1.29, 1.82) is 0 Å². The molecule has 0 aliphatic heterocycles. The number of methoxy groups -OCH3 is 1. The van der Waals surface area contributed by atoms with Crippen molar-refractivity contribution in [1.82, 2.24) is 4.90 Å². The molecule has 0 saturated carbocycles. The van der Waals surface area contributed by atoms with Crippen LogP contribution in [0.5, 0.6) is 0 Å². The number of benzene rings is 1. The Morgan fingerprint density at radius 1 is 1.33 bits per heavy atom. The number of amides is 2. The molecule has 0 spiro atoms. The molecule has 0 atom stereocenters. The number of carboxylic acids is 1. The van der Waals surface area contributed by atoms with E-state index in [2.05, 4.69) is 5.32 Å². The second kappa shape index (κ2) is 8.97. The summed E-state index contributed by atoms with van der Waals surface area (Å²) in [6.45, 7) is 2.55. The Labute approximate surface area is 124 Å². The zero-order chi connectivity index (χ0) is 15.7. The molecule has 1 rings (SSSR count). The summed E-state index contributed by atoms with van der Waals surface area (Å²) in [4.78, 5) is 24.3. The third-order valence-electron chi connectivity index (χ3n) is 2.94. The first-order valence-electron chi connectivity index (χ1n) is 6.93. The molecule has 0 bridgehead atoms. The van der Waals surface area contributed by atoms with Gasteiger partial charge in [-0.05, 0) is 24.5 Å². The molecule has 21 heavy (non-hydrogen) atoms. The lowest BCUT2D eigenvalue weighted by Crippen LogP contribution is -2.39. The third kappa shape index (κ3) is 5.83. The number of carbonyl (C=O) groups excluding carboxylic acids is 1. The van der Waals surface area contributed by atoms with Crippen LogP contribution in [0.3, 0.4) is 0 Å². The number of nitrogens with one attached hydrogen (secondary N) is 1. The first-order chi connectivity index (χ1) is 10.1. The molecule has 0 heterocycles. The van der Waals surface area contributed by atoms with Crippen LogP contribution in [0.15, 0.2) is 24.3 Å². The summed E-state index contributed by atoms with van der Waals surface area (Å²) in [5, 5.41) is 11.6. The molecule has 6 heteroatoms. The Hall–Kier alpha value is -2.08. The number of anilines is 1. The normalized spacial score (nSPS) is 10.2. The van der Waals surface area contributed by atoms with E-state index in [-0.39, 0.29) is 6.54 Å².